The van der Waals surface area contributed by atoms with Crippen molar-refractivity contribution in [3.05, 3.63) is 29.3 Å². The van der Waals surface area contributed by atoms with E-state index in [0.717, 1.165) is 0 Å². The molecule has 1 aromatic rings. The predicted molar refractivity (Wildman–Crippen MR) is 76.0 cm³/mol. The summed E-state index contributed by atoms with van der Waals surface area (Å²) in [4.78, 5) is 22.7. The van der Waals surface area contributed by atoms with Crippen LogP contribution in [0.15, 0.2) is 24.3 Å². The van der Waals surface area contributed by atoms with Crippen LogP contribution in [0.5, 0.6) is 5.75 Å². The second-order valence-corrected chi connectivity index (χ2v) is 5.21. The van der Waals surface area contributed by atoms with Crippen molar-refractivity contribution >= 4 is 23.5 Å². The Kier molecular flexibility index (Phi) is 6.31. The highest BCUT2D eigenvalue weighted by Crippen LogP contribution is 2.22. The van der Waals surface area contributed by atoms with Crippen molar-refractivity contribution < 1.29 is 19.4 Å². The minimum Gasteiger partial charge on any atom is -0.482 e. The van der Waals surface area contributed by atoms with E-state index < -0.39 is 17.9 Å². The lowest BCUT2D eigenvalue weighted by Gasteiger charge is -2.16. The van der Waals surface area contributed by atoms with Gasteiger partial charge in [-0.05, 0) is 24.5 Å². The van der Waals surface area contributed by atoms with Gasteiger partial charge in [0.1, 0.15) is 11.8 Å². The van der Waals surface area contributed by atoms with Crippen molar-refractivity contribution in [2.75, 3.05) is 6.61 Å². The van der Waals surface area contributed by atoms with Gasteiger partial charge in [-0.1, -0.05) is 37.6 Å². The Balaban J connectivity index is 2.50. The van der Waals surface area contributed by atoms with Crippen molar-refractivity contribution in [1.29, 1.82) is 0 Å². The summed E-state index contributed by atoms with van der Waals surface area (Å²) >= 11 is 5.88. The van der Waals surface area contributed by atoms with Crippen molar-refractivity contribution in [3.8, 4) is 5.75 Å². The third kappa shape index (κ3) is 5.48. The molecular weight excluding hydrogens is 282 g/mol. The Morgan fingerprint density at radius 1 is 1.35 bits per heavy atom. The number of carboxylic acids is 1. The Labute approximate surface area is 122 Å². The number of hydrogen-bond acceptors (Lipinski definition) is 3. The van der Waals surface area contributed by atoms with Crippen LogP contribution < -0.4 is 10.1 Å². The number of halogens is 1. The van der Waals surface area contributed by atoms with Crippen LogP contribution in [0.25, 0.3) is 0 Å². The van der Waals surface area contributed by atoms with Crippen LogP contribution in [0.4, 0.5) is 0 Å². The van der Waals surface area contributed by atoms with Gasteiger partial charge in [0.2, 0.25) is 0 Å². The lowest BCUT2D eigenvalue weighted by molar-refractivity contribution is -0.142. The summed E-state index contributed by atoms with van der Waals surface area (Å²) in [6, 6.07) is 5.86. The molecule has 1 aromatic carbocycles. The molecule has 0 saturated carbocycles. The lowest BCUT2D eigenvalue weighted by Crippen LogP contribution is -2.43. The van der Waals surface area contributed by atoms with Gasteiger partial charge in [-0.25, -0.2) is 4.79 Å². The molecule has 0 aliphatic heterocycles. The smallest absolute Gasteiger partial charge is 0.326 e. The highest BCUT2D eigenvalue weighted by Gasteiger charge is 2.21. The molecule has 5 nitrogen and oxygen atoms in total. The summed E-state index contributed by atoms with van der Waals surface area (Å²) in [7, 11) is 0. The molecule has 2 N–H and O–H groups in total. The molecule has 1 rings (SSSR count). The summed E-state index contributed by atoms with van der Waals surface area (Å²) in [5.41, 5.74) is 0. The molecule has 0 aliphatic rings. The normalized spacial score (nSPS) is 12.0. The highest BCUT2D eigenvalue weighted by molar-refractivity contribution is 6.32. The average Bonchev–Trinajstić information content (AvgIpc) is 2.36. The summed E-state index contributed by atoms with van der Waals surface area (Å²) in [5.74, 6) is -0.983. The first-order valence-corrected chi connectivity index (χ1v) is 6.67. The van der Waals surface area contributed by atoms with Crippen LogP contribution in [0, 0.1) is 5.92 Å². The predicted octanol–water partition coefficient (Wildman–Crippen LogP) is 2.33. The maximum absolute atomic E-state index is 11.7. The number of aliphatic carboxylic acids is 1. The van der Waals surface area contributed by atoms with Crippen LogP contribution in [0.2, 0.25) is 5.02 Å². The fourth-order valence-electron chi connectivity index (χ4n) is 1.63. The van der Waals surface area contributed by atoms with Gasteiger partial charge >= 0.3 is 5.97 Å². The summed E-state index contributed by atoms with van der Waals surface area (Å²) in [5, 5.41) is 11.9. The molecule has 0 radical (unpaired) electrons. The summed E-state index contributed by atoms with van der Waals surface area (Å²) in [6.45, 7) is 3.51. The summed E-state index contributed by atoms with van der Waals surface area (Å²) < 4.78 is 5.25. The first-order valence-electron chi connectivity index (χ1n) is 6.29. The zero-order chi connectivity index (χ0) is 15.1. The van der Waals surface area contributed by atoms with Gasteiger partial charge in [-0.15, -0.1) is 0 Å². The molecule has 1 atom stereocenters. The maximum atomic E-state index is 11.7. The number of nitrogens with one attached hydrogen (secondary N) is 1. The van der Waals surface area contributed by atoms with Gasteiger partial charge in [-0.2, -0.15) is 0 Å². The van der Waals surface area contributed by atoms with Crippen LogP contribution in [-0.2, 0) is 9.59 Å². The van der Waals surface area contributed by atoms with Crippen LogP contribution in [0.3, 0.4) is 0 Å². The van der Waals surface area contributed by atoms with Crippen molar-refractivity contribution in [3.63, 3.8) is 0 Å². The van der Waals surface area contributed by atoms with Crippen LogP contribution in [0.1, 0.15) is 20.3 Å². The Morgan fingerprint density at radius 3 is 2.55 bits per heavy atom. The molecule has 0 saturated heterocycles. The minimum atomic E-state index is -1.05. The first kappa shape index (κ1) is 16.3. The number of carboxylic acid groups (broad SMARTS) is 1. The number of benzene rings is 1. The van der Waals surface area contributed by atoms with E-state index in [4.69, 9.17) is 21.4 Å². The SMILES string of the molecule is CC(C)C[C@@H](NC(=O)COc1ccccc1Cl)C(=O)O. The molecular formula is C14H18ClNO4. The fraction of sp³-hybridized carbons (Fsp3) is 0.429. The molecule has 0 bridgehead atoms. The molecule has 6 heteroatoms. The molecule has 110 valence electrons. The number of carbonyl (C=O) groups excluding carboxylic acids is 1. The largest absolute Gasteiger partial charge is 0.482 e. The van der Waals surface area contributed by atoms with Gasteiger partial charge in [0.15, 0.2) is 6.61 Å². The molecule has 0 unspecified atom stereocenters. The van der Waals surface area contributed by atoms with E-state index >= 15 is 0 Å². The number of para-hydroxylation sites is 1. The zero-order valence-electron chi connectivity index (χ0n) is 11.4. The number of ether oxygens (including phenoxy) is 1. The number of hydrogen-bond donors (Lipinski definition) is 2. The molecule has 0 spiro atoms. The fourth-order valence-corrected chi connectivity index (χ4v) is 1.82. The second-order valence-electron chi connectivity index (χ2n) is 4.81. The standard InChI is InChI=1S/C14H18ClNO4/c1-9(2)7-11(14(18)19)16-13(17)8-20-12-6-4-3-5-10(12)15/h3-6,9,11H,7-8H2,1-2H3,(H,16,17)(H,18,19)/t11-/m1/s1. The topological polar surface area (TPSA) is 75.6 Å². The highest BCUT2D eigenvalue weighted by atomic mass is 35.5. The van der Waals surface area contributed by atoms with Gasteiger partial charge in [0.25, 0.3) is 5.91 Å². The van der Waals surface area contributed by atoms with Crippen LogP contribution in [-0.4, -0.2) is 29.6 Å². The first-order chi connectivity index (χ1) is 9.40. The Bertz CT molecular complexity index is 476. The molecule has 0 heterocycles. The molecule has 0 fully saturated rings. The number of rotatable bonds is 7. The lowest BCUT2D eigenvalue weighted by atomic mass is 10.0. The summed E-state index contributed by atoms with van der Waals surface area (Å²) in [6.07, 6.45) is 0.368. The minimum absolute atomic E-state index is 0.167. The van der Waals surface area contributed by atoms with Crippen molar-refractivity contribution in [1.82, 2.24) is 5.32 Å². The van der Waals surface area contributed by atoms with E-state index in [2.05, 4.69) is 5.32 Å². The van der Waals surface area contributed by atoms with Crippen LogP contribution >= 0.6 is 11.6 Å². The third-order valence-corrected chi connectivity index (χ3v) is 2.85. The van der Waals surface area contributed by atoms with Gasteiger partial charge in [0, 0.05) is 0 Å². The molecule has 1 amide bonds. The average molecular weight is 300 g/mol. The second kappa shape index (κ2) is 7.75. The zero-order valence-corrected chi connectivity index (χ0v) is 12.2. The number of amides is 1. The van der Waals surface area contributed by atoms with E-state index in [1.807, 2.05) is 13.8 Å². The quantitative estimate of drug-likeness (QED) is 0.810. The molecule has 20 heavy (non-hydrogen) atoms. The van der Waals surface area contributed by atoms with Gasteiger partial charge in [0.05, 0.1) is 5.02 Å². The van der Waals surface area contributed by atoms with Gasteiger partial charge < -0.3 is 15.2 Å². The van der Waals surface area contributed by atoms with E-state index in [0.29, 0.717) is 17.2 Å². The Hall–Kier alpha value is -1.75. The number of carbonyl (C=O) groups is 2. The molecule has 0 aromatic heterocycles. The molecule has 0 aliphatic carbocycles. The van der Waals surface area contributed by atoms with E-state index in [1.165, 1.54) is 0 Å². The third-order valence-electron chi connectivity index (χ3n) is 2.54. The van der Waals surface area contributed by atoms with Gasteiger partial charge in [-0.3, -0.25) is 4.79 Å². The maximum Gasteiger partial charge on any atom is 0.326 e. The van der Waals surface area contributed by atoms with E-state index in [1.54, 1.807) is 24.3 Å². The van der Waals surface area contributed by atoms with E-state index in [9.17, 15) is 9.59 Å². The van der Waals surface area contributed by atoms with Crippen molar-refractivity contribution in [2.45, 2.75) is 26.3 Å². The van der Waals surface area contributed by atoms with Crippen molar-refractivity contribution in [2.24, 2.45) is 5.92 Å². The monoisotopic (exact) mass is 299 g/mol. The van der Waals surface area contributed by atoms with E-state index in [-0.39, 0.29) is 12.5 Å². The Morgan fingerprint density at radius 2 is 2.00 bits per heavy atom.